The van der Waals surface area contributed by atoms with E-state index in [1.54, 1.807) is 0 Å². The minimum absolute atomic E-state index is 0.0542. The smallest absolute Gasteiger partial charge is 0.407 e. The Morgan fingerprint density at radius 1 is 0.921 bits per heavy atom. The number of hydrogen-bond donors (Lipinski definition) is 0. The third-order valence-electron chi connectivity index (χ3n) is 5.71. The van der Waals surface area contributed by atoms with Crippen LogP contribution < -0.4 is 9.80 Å². The number of halogens is 9. The highest BCUT2D eigenvalue weighted by Crippen LogP contribution is 2.50. The highest BCUT2D eigenvalue weighted by atomic mass is 35.5. The highest BCUT2D eigenvalue weighted by Gasteiger charge is 2.51. The van der Waals surface area contributed by atoms with Gasteiger partial charge >= 0.3 is 21.7 Å². The standard InChI is InChI=1S/C20H14Cl2F7N3O5S/c21-13-1-11(7-30-15(13)9-3-18(23,24)4-9)32(37-38(34,35)20(27,28)29)17(33)36-12-2-14(22)16(31-8-12)10-5-19(25,26)6-10/h1-2,7-10H,3-6H2. The van der Waals surface area contributed by atoms with Crippen molar-refractivity contribution >= 4 is 45.1 Å². The second kappa shape index (κ2) is 9.64. The van der Waals surface area contributed by atoms with Crippen molar-refractivity contribution in [2.45, 2.75) is 54.9 Å². The number of alkyl halides is 7. The Morgan fingerprint density at radius 3 is 1.82 bits per heavy atom. The lowest BCUT2D eigenvalue weighted by Gasteiger charge is -2.35. The molecule has 2 fully saturated rings. The van der Waals surface area contributed by atoms with Gasteiger partial charge in [-0.05, 0) is 6.07 Å². The van der Waals surface area contributed by atoms with Crippen molar-refractivity contribution in [2.75, 3.05) is 5.06 Å². The Morgan fingerprint density at radius 2 is 1.39 bits per heavy atom. The third-order valence-corrected chi connectivity index (χ3v) is 7.23. The van der Waals surface area contributed by atoms with Gasteiger partial charge < -0.3 is 4.74 Å². The maximum Gasteiger partial charge on any atom is 0.525 e. The molecule has 0 saturated heterocycles. The molecule has 0 N–H and O–H groups in total. The highest BCUT2D eigenvalue weighted by molar-refractivity contribution is 7.87. The molecule has 4 rings (SSSR count). The van der Waals surface area contributed by atoms with Gasteiger partial charge in [-0.15, -0.1) is 9.35 Å². The summed E-state index contributed by atoms with van der Waals surface area (Å²) in [5, 5.41) is -0.979. The first-order chi connectivity index (χ1) is 17.4. The topological polar surface area (TPSA) is 98.7 Å². The zero-order valence-corrected chi connectivity index (χ0v) is 20.8. The van der Waals surface area contributed by atoms with Crippen LogP contribution in [-0.4, -0.2) is 41.8 Å². The first-order valence-corrected chi connectivity index (χ1v) is 12.6. The molecule has 0 aliphatic heterocycles. The summed E-state index contributed by atoms with van der Waals surface area (Å²) in [7, 11) is -6.42. The number of rotatable bonds is 6. The summed E-state index contributed by atoms with van der Waals surface area (Å²) < 4.78 is 124. The van der Waals surface area contributed by atoms with Gasteiger partial charge in [0.1, 0.15) is 0 Å². The zero-order chi connectivity index (χ0) is 28.3. The van der Waals surface area contributed by atoms with Gasteiger partial charge in [0, 0.05) is 43.6 Å². The van der Waals surface area contributed by atoms with Crippen molar-refractivity contribution in [3.05, 3.63) is 46.0 Å². The Labute approximate surface area is 219 Å². The molecule has 0 unspecified atom stereocenters. The van der Waals surface area contributed by atoms with Gasteiger partial charge in [0.25, 0.3) is 0 Å². The molecular formula is C20H14Cl2F7N3O5S. The minimum Gasteiger partial charge on any atom is -0.407 e. The van der Waals surface area contributed by atoms with Gasteiger partial charge in [-0.2, -0.15) is 21.6 Å². The fourth-order valence-corrected chi connectivity index (χ4v) is 4.86. The maximum absolute atomic E-state index is 13.2. The van der Waals surface area contributed by atoms with Crippen molar-refractivity contribution in [1.82, 2.24) is 9.97 Å². The van der Waals surface area contributed by atoms with Crippen molar-refractivity contribution in [3.8, 4) is 5.75 Å². The van der Waals surface area contributed by atoms with Crippen molar-refractivity contribution in [3.63, 3.8) is 0 Å². The Balaban J connectivity index is 1.59. The fourth-order valence-electron chi connectivity index (χ4n) is 3.81. The molecule has 1 amide bonds. The first-order valence-electron chi connectivity index (χ1n) is 10.5. The Bertz CT molecular complexity index is 1360. The van der Waals surface area contributed by atoms with E-state index < -0.39 is 87.6 Å². The van der Waals surface area contributed by atoms with E-state index in [-0.39, 0.29) is 21.4 Å². The normalized spacial score (nSPS) is 19.4. The largest absolute Gasteiger partial charge is 0.525 e. The first kappa shape index (κ1) is 28.6. The average Bonchev–Trinajstić information content (AvgIpc) is 2.73. The second-order valence-electron chi connectivity index (χ2n) is 8.66. The van der Waals surface area contributed by atoms with Crippen molar-refractivity contribution < 1.29 is 53.0 Å². The van der Waals surface area contributed by atoms with Crippen LogP contribution >= 0.6 is 23.2 Å². The van der Waals surface area contributed by atoms with E-state index in [9.17, 15) is 43.9 Å². The van der Waals surface area contributed by atoms with Crippen LogP contribution in [0.3, 0.4) is 0 Å². The molecule has 2 aromatic heterocycles. The lowest BCUT2D eigenvalue weighted by Crippen LogP contribution is -2.40. The number of aromatic nitrogens is 2. The molecule has 8 nitrogen and oxygen atoms in total. The van der Waals surface area contributed by atoms with Gasteiger partial charge in [-0.3, -0.25) is 9.97 Å². The predicted octanol–water partition coefficient (Wildman–Crippen LogP) is 6.60. The molecule has 208 valence electrons. The number of carbonyl (C=O) groups excluding carboxylic acids is 1. The van der Waals surface area contributed by atoms with Crippen LogP contribution in [0.2, 0.25) is 10.0 Å². The van der Waals surface area contributed by atoms with E-state index in [0.717, 1.165) is 18.3 Å². The molecule has 18 heteroatoms. The van der Waals surface area contributed by atoms with Gasteiger partial charge in [0.2, 0.25) is 11.8 Å². The molecule has 38 heavy (non-hydrogen) atoms. The Hall–Kier alpha value is -2.43. The van der Waals surface area contributed by atoms with E-state index in [1.165, 1.54) is 0 Å². The summed E-state index contributed by atoms with van der Waals surface area (Å²) in [6.07, 6.45) is -2.53. The van der Waals surface area contributed by atoms with Crippen LogP contribution in [0.1, 0.15) is 48.9 Å². The molecule has 0 bridgehead atoms. The van der Waals surface area contributed by atoms with E-state index in [1.807, 2.05) is 0 Å². The zero-order valence-electron chi connectivity index (χ0n) is 18.5. The fraction of sp³-hybridized carbons (Fsp3) is 0.450. The second-order valence-corrected chi connectivity index (χ2v) is 11.0. The van der Waals surface area contributed by atoms with E-state index in [0.29, 0.717) is 6.20 Å². The summed E-state index contributed by atoms with van der Waals surface area (Å²) in [5.74, 6) is -7.79. The van der Waals surface area contributed by atoms with Gasteiger partial charge in [-0.25, -0.2) is 22.4 Å². The quantitative estimate of drug-likeness (QED) is 0.206. The number of pyridine rings is 2. The average molecular weight is 612 g/mol. The SMILES string of the molecule is O=C(Oc1cnc(C2CC(F)(F)C2)c(Cl)c1)N(OS(=O)(=O)C(F)(F)F)c1cnc(C2CC(F)(F)C2)c(Cl)c1. The molecule has 2 aromatic rings. The molecular weight excluding hydrogens is 598 g/mol. The van der Waals surface area contributed by atoms with Gasteiger partial charge in [0.05, 0.1) is 39.5 Å². The summed E-state index contributed by atoms with van der Waals surface area (Å²) in [6.45, 7) is 0. The lowest BCUT2D eigenvalue weighted by molar-refractivity contribution is -0.0881. The third kappa shape index (κ3) is 5.92. The summed E-state index contributed by atoms with van der Waals surface area (Å²) >= 11 is 12.0. The molecule has 2 aliphatic rings. The molecule has 0 atom stereocenters. The number of hydrogen-bond acceptors (Lipinski definition) is 7. The van der Waals surface area contributed by atoms with Crippen molar-refractivity contribution in [2.24, 2.45) is 0 Å². The number of carbonyl (C=O) groups is 1. The lowest BCUT2D eigenvalue weighted by atomic mass is 9.79. The van der Waals surface area contributed by atoms with Crippen LogP contribution in [0.4, 0.5) is 41.2 Å². The molecule has 2 aliphatic carbocycles. The van der Waals surface area contributed by atoms with Crippen LogP contribution in [0.25, 0.3) is 0 Å². The van der Waals surface area contributed by atoms with Crippen LogP contribution in [0.5, 0.6) is 5.75 Å². The van der Waals surface area contributed by atoms with E-state index in [2.05, 4.69) is 14.3 Å². The molecule has 0 spiro atoms. The van der Waals surface area contributed by atoms with Crippen LogP contribution in [-0.2, 0) is 14.4 Å². The van der Waals surface area contributed by atoms with Crippen LogP contribution in [0.15, 0.2) is 24.5 Å². The van der Waals surface area contributed by atoms with Crippen LogP contribution in [0, 0.1) is 0 Å². The minimum atomic E-state index is -6.42. The number of anilines is 1. The Kier molecular flexibility index (Phi) is 7.25. The predicted molar refractivity (Wildman–Crippen MR) is 117 cm³/mol. The van der Waals surface area contributed by atoms with E-state index in [4.69, 9.17) is 27.9 Å². The summed E-state index contributed by atoms with van der Waals surface area (Å²) in [4.78, 5) is 20.3. The number of hydroxylamine groups is 1. The molecule has 0 aromatic carbocycles. The summed E-state index contributed by atoms with van der Waals surface area (Å²) in [5.41, 5.74) is -6.70. The van der Waals surface area contributed by atoms with Crippen molar-refractivity contribution in [1.29, 1.82) is 0 Å². The monoisotopic (exact) mass is 611 g/mol. The number of nitrogens with zero attached hydrogens (tertiary/aromatic N) is 3. The van der Waals surface area contributed by atoms with Gasteiger partial charge in [0.15, 0.2) is 5.75 Å². The van der Waals surface area contributed by atoms with E-state index >= 15 is 0 Å². The van der Waals surface area contributed by atoms with Gasteiger partial charge in [-0.1, -0.05) is 23.2 Å². The number of ether oxygens (including phenoxy) is 1. The molecule has 2 saturated carbocycles. The maximum atomic E-state index is 13.2. The molecule has 2 heterocycles. The summed E-state index contributed by atoms with van der Waals surface area (Å²) in [6, 6.07) is 1.73. The number of amides is 1. The molecule has 0 radical (unpaired) electrons.